The summed E-state index contributed by atoms with van der Waals surface area (Å²) in [6.07, 6.45) is 5.64. The molecule has 0 fully saturated rings. The molecule has 3 heterocycles. The lowest BCUT2D eigenvalue weighted by Crippen LogP contribution is -2.23. The Hall–Kier alpha value is -4.20. The van der Waals surface area contributed by atoms with Crippen molar-refractivity contribution in [3.05, 3.63) is 81.6 Å². The van der Waals surface area contributed by atoms with Crippen LogP contribution < -0.4 is 10.7 Å². The van der Waals surface area contributed by atoms with E-state index in [9.17, 15) is 9.59 Å². The Balaban J connectivity index is 1.34. The first-order valence-corrected chi connectivity index (χ1v) is 12.0. The number of nitrogens with one attached hydrogen (secondary N) is 2. The number of benzene rings is 1. The normalized spacial score (nSPS) is 14.2. The van der Waals surface area contributed by atoms with Gasteiger partial charge < -0.3 is 14.2 Å². The molecule has 8 nitrogen and oxygen atoms in total. The minimum absolute atomic E-state index is 0.155. The van der Waals surface area contributed by atoms with E-state index >= 15 is 0 Å². The number of hydrogen-bond donors (Lipinski definition) is 2. The van der Waals surface area contributed by atoms with Crippen molar-refractivity contribution in [3.8, 4) is 0 Å². The van der Waals surface area contributed by atoms with Crippen molar-refractivity contribution >= 4 is 34.3 Å². The number of fused-ring (bicyclic) bond motifs is 2. The van der Waals surface area contributed by atoms with Crippen LogP contribution in [0.1, 0.15) is 62.5 Å². The summed E-state index contributed by atoms with van der Waals surface area (Å²) in [6.45, 7) is 7.80. The molecular weight excluding hydrogens is 456 g/mol. The van der Waals surface area contributed by atoms with Crippen LogP contribution in [-0.2, 0) is 17.6 Å². The molecule has 184 valence electrons. The molecule has 2 N–H and O–H groups in total. The smallest absolute Gasteiger partial charge is 0.292 e. The molecule has 0 unspecified atom stereocenters. The number of pyridine rings is 1. The molecule has 1 aromatic carbocycles. The van der Waals surface area contributed by atoms with Gasteiger partial charge in [-0.3, -0.25) is 9.59 Å². The van der Waals surface area contributed by atoms with Crippen LogP contribution in [0.5, 0.6) is 0 Å². The van der Waals surface area contributed by atoms with E-state index in [0.717, 1.165) is 45.2 Å². The van der Waals surface area contributed by atoms with Gasteiger partial charge in [0.05, 0.1) is 18.4 Å². The highest BCUT2D eigenvalue weighted by molar-refractivity contribution is 6.09. The lowest BCUT2D eigenvalue weighted by Gasteiger charge is -2.13. The number of hydrogen-bond acceptors (Lipinski definition) is 6. The number of carbonyl (C=O) groups is 2. The van der Waals surface area contributed by atoms with Gasteiger partial charge in [-0.1, -0.05) is 6.07 Å². The Morgan fingerprint density at radius 1 is 1.08 bits per heavy atom. The molecule has 8 heteroatoms. The first-order valence-electron chi connectivity index (χ1n) is 12.0. The van der Waals surface area contributed by atoms with Gasteiger partial charge in [-0.15, -0.1) is 0 Å². The molecule has 0 saturated heterocycles. The van der Waals surface area contributed by atoms with E-state index in [1.807, 2.05) is 39.8 Å². The summed E-state index contributed by atoms with van der Waals surface area (Å²) in [5, 5.41) is 8.20. The molecule has 0 atom stereocenters. The molecule has 0 bridgehead atoms. The van der Waals surface area contributed by atoms with Gasteiger partial charge in [0, 0.05) is 34.7 Å². The van der Waals surface area contributed by atoms with E-state index in [4.69, 9.17) is 8.83 Å². The third-order valence-corrected chi connectivity index (χ3v) is 6.45. The largest absolute Gasteiger partial charge is 0.464 e. The van der Waals surface area contributed by atoms with Crippen LogP contribution in [-0.4, -0.2) is 22.5 Å². The summed E-state index contributed by atoms with van der Waals surface area (Å²) in [5.74, 6) is 0.815. The zero-order valence-electron chi connectivity index (χ0n) is 20.8. The van der Waals surface area contributed by atoms with Gasteiger partial charge in [-0.2, -0.15) is 5.10 Å². The number of amides is 2. The highest BCUT2D eigenvalue weighted by atomic mass is 16.4. The molecule has 0 spiro atoms. The zero-order valence-corrected chi connectivity index (χ0v) is 20.8. The summed E-state index contributed by atoms with van der Waals surface area (Å²) < 4.78 is 11.6. The van der Waals surface area contributed by atoms with E-state index in [-0.39, 0.29) is 24.0 Å². The van der Waals surface area contributed by atoms with Crippen LogP contribution >= 0.6 is 0 Å². The Morgan fingerprint density at radius 3 is 2.72 bits per heavy atom. The first-order chi connectivity index (χ1) is 17.3. The molecule has 5 rings (SSSR count). The lowest BCUT2D eigenvalue weighted by atomic mass is 9.93. The van der Waals surface area contributed by atoms with Gasteiger partial charge in [-0.25, -0.2) is 10.4 Å². The number of rotatable bonds is 5. The van der Waals surface area contributed by atoms with Crippen LogP contribution in [0, 0.1) is 27.7 Å². The molecule has 0 saturated carbocycles. The molecule has 0 aliphatic heterocycles. The SMILES string of the molecule is Cc1ccnc(NC(=O)c2oc3c(c2C)/C(=N/NC(=O)Cc2coc4cc(C)cc(C)c24)CCC3)c1. The van der Waals surface area contributed by atoms with E-state index < -0.39 is 0 Å². The minimum atomic E-state index is -0.360. The summed E-state index contributed by atoms with van der Waals surface area (Å²) in [7, 11) is 0. The van der Waals surface area contributed by atoms with E-state index in [1.54, 1.807) is 18.5 Å². The topological polar surface area (TPSA) is 110 Å². The monoisotopic (exact) mass is 484 g/mol. The Bertz CT molecular complexity index is 1530. The van der Waals surface area contributed by atoms with Crippen LogP contribution in [0.2, 0.25) is 0 Å². The van der Waals surface area contributed by atoms with Crippen molar-refractivity contribution in [2.75, 3.05) is 5.32 Å². The Morgan fingerprint density at radius 2 is 1.92 bits per heavy atom. The van der Waals surface area contributed by atoms with E-state index in [0.29, 0.717) is 35.7 Å². The van der Waals surface area contributed by atoms with Gasteiger partial charge in [0.2, 0.25) is 5.91 Å². The van der Waals surface area contributed by atoms with Gasteiger partial charge in [0.1, 0.15) is 17.2 Å². The summed E-state index contributed by atoms with van der Waals surface area (Å²) in [6, 6.07) is 7.70. The fourth-order valence-electron chi connectivity index (χ4n) is 4.87. The van der Waals surface area contributed by atoms with Crippen molar-refractivity contribution < 1.29 is 18.4 Å². The molecule has 1 aliphatic carbocycles. The maximum atomic E-state index is 12.9. The second kappa shape index (κ2) is 9.45. The molecule has 2 amide bonds. The van der Waals surface area contributed by atoms with Gasteiger partial charge in [0.15, 0.2) is 5.76 Å². The third-order valence-electron chi connectivity index (χ3n) is 6.45. The van der Waals surface area contributed by atoms with Crippen LogP contribution in [0.15, 0.2) is 50.7 Å². The van der Waals surface area contributed by atoms with Crippen molar-refractivity contribution in [1.82, 2.24) is 10.4 Å². The molecule has 36 heavy (non-hydrogen) atoms. The molecule has 4 aromatic rings. The summed E-state index contributed by atoms with van der Waals surface area (Å²) in [4.78, 5) is 29.9. The predicted octanol–water partition coefficient (Wildman–Crippen LogP) is 5.31. The second-order valence-corrected chi connectivity index (χ2v) is 9.37. The number of hydrazone groups is 1. The minimum Gasteiger partial charge on any atom is -0.464 e. The maximum Gasteiger partial charge on any atom is 0.292 e. The van der Waals surface area contributed by atoms with Crippen molar-refractivity contribution in [2.24, 2.45) is 5.10 Å². The quantitative estimate of drug-likeness (QED) is 0.373. The first kappa shape index (κ1) is 23.5. The average Bonchev–Trinajstić information content (AvgIpc) is 3.39. The number of aromatic nitrogens is 1. The van der Waals surface area contributed by atoms with Gasteiger partial charge in [0.25, 0.3) is 5.91 Å². The Labute approximate surface area is 208 Å². The number of aryl methyl sites for hydroxylation is 4. The summed E-state index contributed by atoms with van der Waals surface area (Å²) in [5.41, 5.74) is 9.69. The third kappa shape index (κ3) is 4.54. The number of carbonyl (C=O) groups excluding carboxylic acids is 2. The highest BCUT2D eigenvalue weighted by Gasteiger charge is 2.28. The zero-order chi connectivity index (χ0) is 25.4. The van der Waals surface area contributed by atoms with Crippen molar-refractivity contribution in [2.45, 2.75) is 53.4 Å². The van der Waals surface area contributed by atoms with Crippen molar-refractivity contribution in [3.63, 3.8) is 0 Å². The number of nitrogens with zero attached hydrogens (tertiary/aromatic N) is 2. The van der Waals surface area contributed by atoms with Gasteiger partial charge >= 0.3 is 0 Å². The number of anilines is 1. The standard InChI is InChI=1S/C28H28N4O4/c1-15-8-9-29-23(12-15)30-28(34)27-18(4)26-20(6-5-7-21(26)36-27)31-32-24(33)13-19-14-35-22-11-16(2)10-17(3)25(19)22/h8-12,14H,5-7,13H2,1-4H3,(H,32,33)(H,29,30,34)/b31-20+. The predicted molar refractivity (Wildman–Crippen MR) is 137 cm³/mol. The maximum absolute atomic E-state index is 12.9. The van der Waals surface area contributed by atoms with E-state index in [2.05, 4.69) is 26.9 Å². The second-order valence-electron chi connectivity index (χ2n) is 9.37. The van der Waals surface area contributed by atoms with Crippen LogP contribution in [0.4, 0.5) is 5.82 Å². The highest BCUT2D eigenvalue weighted by Crippen LogP contribution is 2.30. The Kier molecular flexibility index (Phi) is 6.18. The van der Waals surface area contributed by atoms with Crippen LogP contribution in [0.25, 0.3) is 11.0 Å². The van der Waals surface area contributed by atoms with E-state index in [1.165, 1.54) is 0 Å². The van der Waals surface area contributed by atoms with Gasteiger partial charge in [-0.05, 0) is 75.4 Å². The van der Waals surface area contributed by atoms with Crippen LogP contribution in [0.3, 0.4) is 0 Å². The molecule has 1 aliphatic rings. The fraction of sp³-hybridized carbons (Fsp3) is 0.286. The summed E-state index contributed by atoms with van der Waals surface area (Å²) >= 11 is 0. The molecular formula is C28H28N4O4. The molecule has 0 radical (unpaired) electrons. The fourth-order valence-corrected chi connectivity index (χ4v) is 4.87. The van der Waals surface area contributed by atoms with Crippen molar-refractivity contribution in [1.29, 1.82) is 0 Å². The number of furan rings is 2. The average molecular weight is 485 g/mol. The molecule has 3 aromatic heterocycles. The lowest BCUT2D eigenvalue weighted by molar-refractivity contribution is -0.120.